The molecule has 0 spiro atoms. The normalized spacial score (nSPS) is 17.6. The summed E-state index contributed by atoms with van der Waals surface area (Å²) in [5.41, 5.74) is 0. The van der Waals surface area contributed by atoms with Gasteiger partial charge in [-0.2, -0.15) is 0 Å². The van der Waals surface area contributed by atoms with E-state index < -0.39 is 5.97 Å². The SMILES string of the molecule is CC(=O)O.OCC=CC1CCCCC1. The first-order valence-corrected chi connectivity index (χ1v) is 5.14. The lowest BCUT2D eigenvalue weighted by Gasteiger charge is -2.17. The Morgan fingerprint density at radius 3 is 2.29 bits per heavy atom. The molecule has 0 bridgehead atoms. The Balaban J connectivity index is 0.000000364. The third kappa shape index (κ3) is 9.26. The molecular weight excluding hydrogens is 180 g/mol. The average Bonchev–Trinajstić information content (AvgIpc) is 2.15. The van der Waals surface area contributed by atoms with Crippen molar-refractivity contribution in [3.8, 4) is 0 Å². The summed E-state index contributed by atoms with van der Waals surface area (Å²) < 4.78 is 0. The third-order valence-electron chi connectivity index (χ3n) is 2.16. The van der Waals surface area contributed by atoms with Gasteiger partial charge in [-0.05, 0) is 18.8 Å². The minimum Gasteiger partial charge on any atom is -0.481 e. The molecule has 0 amide bonds. The summed E-state index contributed by atoms with van der Waals surface area (Å²) in [5.74, 6) is -0.0686. The summed E-state index contributed by atoms with van der Waals surface area (Å²) in [4.78, 5) is 9.00. The van der Waals surface area contributed by atoms with Gasteiger partial charge in [0.05, 0.1) is 6.61 Å². The van der Waals surface area contributed by atoms with E-state index in [1.807, 2.05) is 6.08 Å². The monoisotopic (exact) mass is 200 g/mol. The number of aliphatic hydroxyl groups is 1. The predicted octanol–water partition coefficient (Wildman–Crippen LogP) is 2.21. The minimum absolute atomic E-state index is 0.205. The lowest BCUT2D eigenvalue weighted by atomic mass is 9.89. The summed E-state index contributed by atoms with van der Waals surface area (Å²) >= 11 is 0. The molecule has 82 valence electrons. The van der Waals surface area contributed by atoms with Crippen LogP contribution in [-0.2, 0) is 4.79 Å². The molecule has 0 unspecified atom stereocenters. The summed E-state index contributed by atoms with van der Waals surface area (Å²) in [6.45, 7) is 1.29. The lowest BCUT2D eigenvalue weighted by molar-refractivity contribution is -0.134. The Kier molecular flexibility index (Phi) is 8.24. The molecule has 0 aliphatic heterocycles. The molecule has 0 saturated heterocycles. The van der Waals surface area contributed by atoms with Gasteiger partial charge in [0.2, 0.25) is 0 Å². The zero-order valence-corrected chi connectivity index (χ0v) is 8.78. The minimum atomic E-state index is -0.833. The maximum Gasteiger partial charge on any atom is 0.300 e. The van der Waals surface area contributed by atoms with Crippen molar-refractivity contribution in [1.29, 1.82) is 0 Å². The molecule has 1 rings (SSSR count). The fourth-order valence-electron chi connectivity index (χ4n) is 1.58. The van der Waals surface area contributed by atoms with Gasteiger partial charge in [-0.1, -0.05) is 31.4 Å². The van der Waals surface area contributed by atoms with Gasteiger partial charge in [0, 0.05) is 6.92 Å². The van der Waals surface area contributed by atoms with Gasteiger partial charge in [0.1, 0.15) is 0 Å². The standard InChI is InChI=1S/C9H16O.C2H4O2/c10-8-4-7-9-5-2-1-3-6-9;1-2(3)4/h4,7,9-10H,1-3,5-6,8H2;1H3,(H,3,4). The fourth-order valence-corrected chi connectivity index (χ4v) is 1.58. The van der Waals surface area contributed by atoms with E-state index in [1.165, 1.54) is 32.1 Å². The molecule has 0 heterocycles. The number of hydrogen-bond donors (Lipinski definition) is 2. The first kappa shape index (κ1) is 13.2. The van der Waals surface area contributed by atoms with Crippen LogP contribution in [-0.4, -0.2) is 22.8 Å². The molecule has 0 aromatic carbocycles. The van der Waals surface area contributed by atoms with Crippen molar-refractivity contribution in [3.63, 3.8) is 0 Å². The van der Waals surface area contributed by atoms with Gasteiger partial charge in [-0.15, -0.1) is 0 Å². The summed E-state index contributed by atoms with van der Waals surface area (Å²) in [5, 5.41) is 15.9. The zero-order valence-electron chi connectivity index (χ0n) is 8.78. The summed E-state index contributed by atoms with van der Waals surface area (Å²) in [7, 11) is 0. The van der Waals surface area contributed by atoms with Gasteiger partial charge in [-0.3, -0.25) is 4.79 Å². The van der Waals surface area contributed by atoms with Crippen molar-refractivity contribution in [2.75, 3.05) is 6.61 Å². The number of rotatable bonds is 2. The summed E-state index contributed by atoms with van der Waals surface area (Å²) in [6.07, 6.45) is 10.9. The molecule has 3 nitrogen and oxygen atoms in total. The molecule has 0 radical (unpaired) electrons. The second kappa shape index (κ2) is 8.75. The molecule has 0 aromatic heterocycles. The van der Waals surface area contributed by atoms with Gasteiger partial charge < -0.3 is 10.2 Å². The molecule has 0 atom stereocenters. The number of aliphatic carboxylic acids is 1. The molecule has 0 aromatic rings. The molecular formula is C11H20O3. The van der Waals surface area contributed by atoms with E-state index in [9.17, 15) is 0 Å². The highest BCUT2D eigenvalue weighted by Gasteiger charge is 2.08. The second-order valence-electron chi connectivity index (χ2n) is 3.53. The number of aliphatic hydroxyl groups excluding tert-OH is 1. The molecule has 3 heteroatoms. The van der Waals surface area contributed by atoms with Crippen molar-refractivity contribution in [2.24, 2.45) is 5.92 Å². The van der Waals surface area contributed by atoms with E-state index in [1.54, 1.807) is 0 Å². The topological polar surface area (TPSA) is 57.5 Å². The highest BCUT2D eigenvalue weighted by Crippen LogP contribution is 2.24. The fraction of sp³-hybridized carbons (Fsp3) is 0.727. The van der Waals surface area contributed by atoms with Crippen molar-refractivity contribution in [3.05, 3.63) is 12.2 Å². The van der Waals surface area contributed by atoms with Crippen molar-refractivity contribution in [1.82, 2.24) is 0 Å². The smallest absolute Gasteiger partial charge is 0.300 e. The van der Waals surface area contributed by atoms with Crippen LogP contribution < -0.4 is 0 Å². The van der Waals surface area contributed by atoms with Crippen molar-refractivity contribution < 1.29 is 15.0 Å². The maximum absolute atomic E-state index is 9.00. The van der Waals surface area contributed by atoms with Gasteiger partial charge in [-0.25, -0.2) is 0 Å². The molecule has 1 aliphatic rings. The van der Waals surface area contributed by atoms with E-state index in [0.29, 0.717) is 0 Å². The largest absolute Gasteiger partial charge is 0.481 e. The van der Waals surface area contributed by atoms with Crippen LogP contribution in [0.2, 0.25) is 0 Å². The Morgan fingerprint density at radius 1 is 1.36 bits per heavy atom. The number of allylic oxidation sites excluding steroid dienone is 1. The van der Waals surface area contributed by atoms with E-state index >= 15 is 0 Å². The maximum atomic E-state index is 9.00. The van der Waals surface area contributed by atoms with Gasteiger partial charge >= 0.3 is 0 Å². The number of carboxylic acids is 1. The highest BCUT2D eigenvalue weighted by atomic mass is 16.4. The Morgan fingerprint density at radius 2 is 1.86 bits per heavy atom. The van der Waals surface area contributed by atoms with Crippen LogP contribution in [0.5, 0.6) is 0 Å². The molecule has 1 fully saturated rings. The molecule has 1 saturated carbocycles. The van der Waals surface area contributed by atoms with Gasteiger partial charge in [0.15, 0.2) is 0 Å². The Labute approximate surface area is 85.4 Å². The number of carboxylic acid groups (broad SMARTS) is 1. The first-order chi connectivity index (χ1) is 6.66. The van der Waals surface area contributed by atoms with Crippen molar-refractivity contribution in [2.45, 2.75) is 39.0 Å². The molecule has 14 heavy (non-hydrogen) atoms. The first-order valence-electron chi connectivity index (χ1n) is 5.14. The Bertz CT molecular complexity index is 165. The van der Waals surface area contributed by atoms with Crippen LogP contribution in [0.1, 0.15) is 39.0 Å². The van der Waals surface area contributed by atoms with Crippen LogP contribution in [0.25, 0.3) is 0 Å². The Hall–Kier alpha value is -0.830. The number of carbonyl (C=O) groups is 1. The van der Waals surface area contributed by atoms with E-state index in [0.717, 1.165) is 12.8 Å². The quantitative estimate of drug-likeness (QED) is 0.672. The zero-order chi connectivity index (χ0) is 10.8. The highest BCUT2D eigenvalue weighted by molar-refractivity contribution is 5.62. The van der Waals surface area contributed by atoms with Crippen LogP contribution in [0, 0.1) is 5.92 Å². The molecule has 2 N–H and O–H groups in total. The van der Waals surface area contributed by atoms with Crippen LogP contribution >= 0.6 is 0 Å². The van der Waals surface area contributed by atoms with E-state index in [4.69, 9.17) is 15.0 Å². The average molecular weight is 200 g/mol. The second-order valence-corrected chi connectivity index (χ2v) is 3.53. The van der Waals surface area contributed by atoms with Crippen LogP contribution in [0.3, 0.4) is 0 Å². The van der Waals surface area contributed by atoms with E-state index in [-0.39, 0.29) is 6.61 Å². The molecule has 1 aliphatic carbocycles. The predicted molar refractivity (Wildman–Crippen MR) is 56.1 cm³/mol. The van der Waals surface area contributed by atoms with Crippen molar-refractivity contribution >= 4 is 5.97 Å². The van der Waals surface area contributed by atoms with Crippen LogP contribution in [0.4, 0.5) is 0 Å². The third-order valence-corrected chi connectivity index (χ3v) is 2.16. The van der Waals surface area contributed by atoms with E-state index in [2.05, 4.69) is 6.08 Å². The van der Waals surface area contributed by atoms with Gasteiger partial charge in [0.25, 0.3) is 5.97 Å². The van der Waals surface area contributed by atoms with Crippen LogP contribution in [0.15, 0.2) is 12.2 Å². The number of hydrogen-bond acceptors (Lipinski definition) is 2. The lowest BCUT2D eigenvalue weighted by Crippen LogP contribution is -2.02. The summed E-state index contributed by atoms with van der Waals surface area (Å²) in [6, 6.07) is 0.